The maximum Gasteiger partial charge on any atom is 0.345 e. The molecule has 0 radical (unpaired) electrons. The van der Waals surface area contributed by atoms with Crippen LogP contribution in [0.25, 0.3) is 0 Å². The van der Waals surface area contributed by atoms with Crippen LogP contribution in [0.3, 0.4) is 0 Å². The summed E-state index contributed by atoms with van der Waals surface area (Å²) in [4.78, 5) is 10.6. The molecule has 0 spiro atoms. The molecule has 1 rings (SSSR count). The minimum atomic E-state index is -0.731. The van der Waals surface area contributed by atoms with Gasteiger partial charge in [-0.2, -0.15) is 0 Å². The molecule has 1 aliphatic heterocycles. The number of cyclic esters (lactones) is 1. The number of amidine groups is 1. The molecule has 1 aliphatic rings. The van der Waals surface area contributed by atoms with E-state index in [1.807, 2.05) is 0 Å². The van der Waals surface area contributed by atoms with Gasteiger partial charge >= 0.3 is 5.97 Å². The third-order valence-electron chi connectivity index (χ3n) is 1.10. The van der Waals surface area contributed by atoms with Gasteiger partial charge < -0.3 is 15.6 Å². The minimum Gasteiger partial charge on any atom is -0.508 e. The first-order valence-electron chi connectivity index (χ1n) is 2.56. The van der Waals surface area contributed by atoms with Crippen LogP contribution >= 0.6 is 0 Å². The second-order valence-corrected chi connectivity index (χ2v) is 1.81. The zero-order chi connectivity index (χ0) is 7.72. The number of hydrogen-bond donors (Lipinski definition) is 3. The van der Waals surface area contributed by atoms with Crippen molar-refractivity contribution < 1.29 is 14.6 Å². The molecule has 0 saturated carbocycles. The fourth-order valence-corrected chi connectivity index (χ4v) is 0.661. The molecule has 0 aromatic rings. The summed E-state index contributed by atoms with van der Waals surface area (Å²) in [5, 5.41) is 15.7. The van der Waals surface area contributed by atoms with Crippen LogP contribution in [-0.4, -0.2) is 23.5 Å². The number of aliphatic hydroxyl groups is 1. The lowest BCUT2D eigenvalue weighted by molar-refractivity contribution is -0.135. The van der Waals surface area contributed by atoms with Gasteiger partial charge in [0.15, 0.2) is 0 Å². The summed E-state index contributed by atoms with van der Waals surface area (Å²) in [6.45, 7) is -0.173. The highest BCUT2D eigenvalue weighted by molar-refractivity contribution is 6.18. The van der Waals surface area contributed by atoms with Gasteiger partial charge in [0, 0.05) is 0 Å². The quantitative estimate of drug-likeness (QED) is 0.256. The number of aliphatic hydroxyl groups excluding tert-OH is 1. The number of rotatable bonds is 1. The molecule has 0 aromatic heterocycles. The van der Waals surface area contributed by atoms with Crippen molar-refractivity contribution in [2.75, 3.05) is 6.61 Å². The van der Waals surface area contributed by atoms with Gasteiger partial charge in [0.05, 0.1) is 0 Å². The number of esters is 1. The SMILES string of the molecule is N=C(N)C1=C(O)COC1=O. The summed E-state index contributed by atoms with van der Waals surface area (Å²) in [5.41, 5.74) is 4.72. The van der Waals surface area contributed by atoms with Crippen LogP contribution in [0.5, 0.6) is 0 Å². The average molecular weight is 142 g/mol. The molecule has 0 atom stereocenters. The summed E-state index contributed by atoms with van der Waals surface area (Å²) in [6, 6.07) is 0. The van der Waals surface area contributed by atoms with E-state index in [1.54, 1.807) is 0 Å². The first-order chi connectivity index (χ1) is 4.63. The van der Waals surface area contributed by atoms with Gasteiger partial charge in [-0.3, -0.25) is 5.41 Å². The molecule has 0 unspecified atom stereocenters. The fraction of sp³-hybridized carbons (Fsp3) is 0.200. The molecular formula is C5H6N2O3. The van der Waals surface area contributed by atoms with Gasteiger partial charge in [0.2, 0.25) is 0 Å². The topological polar surface area (TPSA) is 96.4 Å². The highest BCUT2D eigenvalue weighted by Gasteiger charge is 2.26. The van der Waals surface area contributed by atoms with Crippen molar-refractivity contribution >= 4 is 11.8 Å². The molecule has 0 aliphatic carbocycles. The largest absolute Gasteiger partial charge is 0.508 e. The summed E-state index contributed by atoms with van der Waals surface area (Å²) >= 11 is 0. The van der Waals surface area contributed by atoms with Gasteiger partial charge in [0.1, 0.15) is 23.8 Å². The molecule has 0 amide bonds. The normalized spacial score (nSPS) is 17.4. The van der Waals surface area contributed by atoms with E-state index < -0.39 is 11.8 Å². The van der Waals surface area contributed by atoms with E-state index >= 15 is 0 Å². The van der Waals surface area contributed by atoms with Gasteiger partial charge in [-0.1, -0.05) is 0 Å². The van der Waals surface area contributed by atoms with Gasteiger partial charge in [0.25, 0.3) is 0 Å². The summed E-state index contributed by atoms with van der Waals surface area (Å²) in [6.07, 6.45) is 0. The monoisotopic (exact) mass is 142 g/mol. The van der Waals surface area contributed by atoms with Crippen LogP contribution in [0.2, 0.25) is 0 Å². The standard InChI is InChI=1S/C5H6N2O3/c6-4(7)3-2(8)1-10-5(3)9/h8H,1H2,(H3,6,7). The second kappa shape index (κ2) is 2.02. The predicted octanol–water partition coefficient (Wildman–Crippen LogP) is -0.709. The highest BCUT2D eigenvalue weighted by Crippen LogP contribution is 2.11. The Labute approximate surface area is 56.6 Å². The molecule has 54 valence electrons. The van der Waals surface area contributed by atoms with Gasteiger partial charge in [-0.15, -0.1) is 0 Å². The average Bonchev–Trinajstić information content (AvgIpc) is 2.11. The maximum absolute atomic E-state index is 10.6. The van der Waals surface area contributed by atoms with E-state index in [1.165, 1.54) is 0 Å². The fourth-order valence-electron chi connectivity index (χ4n) is 0.661. The first-order valence-corrected chi connectivity index (χ1v) is 2.56. The number of ether oxygens (including phenoxy) is 1. The molecule has 5 heteroatoms. The van der Waals surface area contributed by atoms with Crippen molar-refractivity contribution in [2.45, 2.75) is 0 Å². The Hall–Kier alpha value is -1.52. The molecular weight excluding hydrogens is 136 g/mol. The van der Waals surface area contributed by atoms with E-state index in [2.05, 4.69) is 4.74 Å². The Balaban J connectivity index is 2.99. The number of carbonyl (C=O) groups is 1. The van der Waals surface area contributed by atoms with Crippen LogP contribution in [0.4, 0.5) is 0 Å². The number of hydrogen-bond acceptors (Lipinski definition) is 4. The van der Waals surface area contributed by atoms with Crippen LogP contribution in [-0.2, 0) is 9.53 Å². The Bertz CT molecular complexity index is 231. The van der Waals surface area contributed by atoms with E-state index in [0.717, 1.165) is 0 Å². The number of nitrogens with one attached hydrogen (secondary N) is 1. The molecule has 4 N–H and O–H groups in total. The predicted molar refractivity (Wildman–Crippen MR) is 32.5 cm³/mol. The van der Waals surface area contributed by atoms with Crippen molar-refractivity contribution in [1.29, 1.82) is 5.41 Å². The Morgan fingerprint density at radius 1 is 1.80 bits per heavy atom. The van der Waals surface area contributed by atoms with Crippen LogP contribution in [0, 0.1) is 5.41 Å². The highest BCUT2D eigenvalue weighted by atomic mass is 16.5. The molecule has 0 aromatic carbocycles. The molecule has 10 heavy (non-hydrogen) atoms. The van der Waals surface area contributed by atoms with Crippen LogP contribution < -0.4 is 5.73 Å². The van der Waals surface area contributed by atoms with Crippen molar-refractivity contribution in [3.05, 3.63) is 11.3 Å². The lowest BCUT2D eigenvalue weighted by Crippen LogP contribution is -2.18. The Morgan fingerprint density at radius 3 is 2.60 bits per heavy atom. The van der Waals surface area contributed by atoms with Crippen molar-refractivity contribution in [2.24, 2.45) is 5.73 Å². The maximum atomic E-state index is 10.6. The van der Waals surface area contributed by atoms with Crippen molar-refractivity contribution in [3.8, 4) is 0 Å². The molecule has 0 bridgehead atoms. The van der Waals surface area contributed by atoms with Gasteiger partial charge in [-0.05, 0) is 0 Å². The zero-order valence-electron chi connectivity index (χ0n) is 5.05. The number of carbonyl (C=O) groups excluding carboxylic acids is 1. The molecule has 0 fully saturated rings. The van der Waals surface area contributed by atoms with Crippen LogP contribution in [0.15, 0.2) is 11.3 Å². The third kappa shape index (κ3) is 0.812. The first kappa shape index (κ1) is 6.60. The van der Waals surface area contributed by atoms with Crippen molar-refractivity contribution in [3.63, 3.8) is 0 Å². The Kier molecular flexibility index (Phi) is 1.33. The van der Waals surface area contributed by atoms with E-state index in [0.29, 0.717) is 0 Å². The van der Waals surface area contributed by atoms with Crippen LogP contribution in [0.1, 0.15) is 0 Å². The number of nitrogens with two attached hydrogens (primary N) is 1. The van der Waals surface area contributed by atoms with E-state index in [9.17, 15) is 4.79 Å². The van der Waals surface area contributed by atoms with Crippen molar-refractivity contribution in [1.82, 2.24) is 0 Å². The lowest BCUT2D eigenvalue weighted by Gasteiger charge is -1.92. The lowest BCUT2D eigenvalue weighted by atomic mass is 10.2. The summed E-state index contributed by atoms with van der Waals surface area (Å²) < 4.78 is 4.36. The molecule has 1 heterocycles. The smallest absolute Gasteiger partial charge is 0.345 e. The molecule has 5 nitrogen and oxygen atoms in total. The van der Waals surface area contributed by atoms with Gasteiger partial charge in [-0.25, -0.2) is 4.79 Å². The minimum absolute atomic E-state index is 0.173. The Morgan fingerprint density at radius 2 is 2.40 bits per heavy atom. The zero-order valence-corrected chi connectivity index (χ0v) is 5.05. The second-order valence-electron chi connectivity index (χ2n) is 1.81. The summed E-state index contributed by atoms with van der Waals surface area (Å²) in [5.74, 6) is -1.46. The van der Waals surface area contributed by atoms with E-state index in [4.69, 9.17) is 16.2 Å². The third-order valence-corrected chi connectivity index (χ3v) is 1.10. The molecule has 0 saturated heterocycles. The summed E-state index contributed by atoms with van der Waals surface area (Å²) in [7, 11) is 0. The van der Waals surface area contributed by atoms with E-state index in [-0.39, 0.29) is 17.9 Å².